The molecule has 0 saturated heterocycles. The fourth-order valence-corrected chi connectivity index (χ4v) is 4.55. The summed E-state index contributed by atoms with van der Waals surface area (Å²) in [7, 11) is 1.39. The number of fused-ring (bicyclic) bond motifs is 1. The van der Waals surface area contributed by atoms with Crippen molar-refractivity contribution in [1.82, 2.24) is 0 Å². The Morgan fingerprint density at radius 3 is 2.76 bits per heavy atom. The lowest BCUT2D eigenvalue weighted by molar-refractivity contribution is 0.0601. The van der Waals surface area contributed by atoms with Gasteiger partial charge in [0.25, 0.3) is 0 Å². The van der Waals surface area contributed by atoms with Gasteiger partial charge in [-0.3, -0.25) is 0 Å². The van der Waals surface area contributed by atoms with Crippen LogP contribution in [0, 0.1) is 12.7 Å². The second-order valence-electron chi connectivity index (χ2n) is 5.94. The molecule has 3 rings (SSSR count). The van der Waals surface area contributed by atoms with Gasteiger partial charge in [0.05, 0.1) is 12.7 Å². The van der Waals surface area contributed by atoms with E-state index in [1.165, 1.54) is 24.1 Å². The molecule has 0 bridgehead atoms. The van der Waals surface area contributed by atoms with Crippen LogP contribution < -0.4 is 10.6 Å². The summed E-state index contributed by atoms with van der Waals surface area (Å²) in [6, 6.07) is 4.45. The molecular formula is C18H19FN2O2S2. The molecule has 1 aromatic heterocycles. The number of benzene rings is 1. The Labute approximate surface area is 155 Å². The van der Waals surface area contributed by atoms with E-state index >= 15 is 0 Å². The zero-order chi connectivity index (χ0) is 18.0. The maximum absolute atomic E-state index is 13.2. The quantitative estimate of drug-likeness (QED) is 0.600. The number of hydrogen-bond donors (Lipinski definition) is 2. The number of thiocarbonyl (C=S) groups is 1. The third-order valence-corrected chi connectivity index (χ3v) is 5.64. The zero-order valence-corrected chi connectivity index (χ0v) is 15.7. The first-order chi connectivity index (χ1) is 12.0. The highest BCUT2D eigenvalue weighted by atomic mass is 32.1. The van der Waals surface area contributed by atoms with Crippen molar-refractivity contribution >= 4 is 45.3 Å². The van der Waals surface area contributed by atoms with Crippen molar-refractivity contribution in [2.75, 3.05) is 17.7 Å². The van der Waals surface area contributed by atoms with E-state index in [2.05, 4.69) is 10.6 Å². The molecule has 0 atom stereocenters. The van der Waals surface area contributed by atoms with Gasteiger partial charge in [-0.15, -0.1) is 11.3 Å². The number of nitrogens with one attached hydrogen (secondary N) is 2. The van der Waals surface area contributed by atoms with E-state index in [-0.39, 0.29) is 11.8 Å². The SMILES string of the molecule is COC(=O)c1c(NC(=S)Nc2ccc(F)cc2C)sc2c1CCCC2. The fourth-order valence-electron chi connectivity index (χ4n) is 3.00. The summed E-state index contributed by atoms with van der Waals surface area (Å²) in [5.41, 5.74) is 3.14. The number of halogens is 1. The van der Waals surface area contributed by atoms with Crippen molar-refractivity contribution < 1.29 is 13.9 Å². The van der Waals surface area contributed by atoms with Crippen molar-refractivity contribution in [3.8, 4) is 0 Å². The van der Waals surface area contributed by atoms with Gasteiger partial charge in [-0.1, -0.05) is 0 Å². The normalized spacial score (nSPS) is 13.1. The van der Waals surface area contributed by atoms with Crippen molar-refractivity contribution in [1.29, 1.82) is 0 Å². The molecule has 0 fully saturated rings. The average molecular weight is 378 g/mol. The first kappa shape index (κ1) is 17.8. The van der Waals surface area contributed by atoms with Gasteiger partial charge in [0, 0.05) is 10.6 Å². The Kier molecular flexibility index (Phi) is 5.34. The van der Waals surface area contributed by atoms with Crippen molar-refractivity contribution in [2.45, 2.75) is 32.6 Å². The summed E-state index contributed by atoms with van der Waals surface area (Å²) in [5.74, 6) is -0.636. The van der Waals surface area contributed by atoms with E-state index in [0.717, 1.165) is 42.5 Å². The minimum Gasteiger partial charge on any atom is -0.465 e. The second kappa shape index (κ2) is 7.49. The topological polar surface area (TPSA) is 50.4 Å². The minimum absolute atomic E-state index is 0.291. The van der Waals surface area contributed by atoms with Gasteiger partial charge in [-0.2, -0.15) is 0 Å². The molecule has 2 N–H and O–H groups in total. The Morgan fingerprint density at radius 2 is 2.04 bits per heavy atom. The molecule has 7 heteroatoms. The number of carbonyl (C=O) groups excluding carboxylic acids is 1. The van der Waals surface area contributed by atoms with Gasteiger partial charge >= 0.3 is 5.97 Å². The average Bonchev–Trinajstić information content (AvgIpc) is 2.94. The predicted octanol–water partition coefficient (Wildman–Crippen LogP) is 4.67. The number of esters is 1. The van der Waals surface area contributed by atoms with Gasteiger partial charge in [0.15, 0.2) is 5.11 Å². The lowest BCUT2D eigenvalue weighted by Gasteiger charge is -2.13. The molecule has 132 valence electrons. The van der Waals surface area contributed by atoms with Crippen LogP contribution in [0.1, 0.15) is 39.2 Å². The van der Waals surface area contributed by atoms with Crippen LogP contribution in [0.3, 0.4) is 0 Å². The molecule has 0 amide bonds. The van der Waals surface area contributed by atoms with Gasteiger partial charge in [-0.25, -0.2) is 9.18 Å². The lowest BCUT2D eigenvalue weighted by Crippen LogP contribution is -2.20. The van der Waals surface area contributed by atoms with E-state index in [4.69, 9.17) is 17.0 Å². The van der Waals surface area contributed by atoms with Crippen LogP contribution in [0.5, 0.6) is 0 Å². The van der Waals surface area contributed by atoms with E-state index in [9.17, 15) is 9.18 Å². The molecule has 1 aliphatic carbocycles. The van der Waals surface area contributed by atoms with Crippen LogP contribution in [-0.2, 0) is 17.6 Å². The molecule has 1 aliphatic rings. The summed E-state index contributed by atoms with van der Waals surface area (Å²) in [6.07, 6.45) is 4.06. The number of carbonyl (C=O) groups is 1. The molecule has 4 nitrogen and oxygen atoms in total. The number of thiophene rings is 1. The van der Waals surface area contributed by atoms with Gasteiger partial charge in [0.2, 0.25) is 0 Å². The smallest absolute Gasteiger partial charge is 0.341 e. The Morgan fingerprint density at radius 1 is 1.28 bits per heavy atom. The molecule has 0 radical (unpaired) electrons. The first-order valence-electron chi connectivity index (χ1n) is 8.06. The van der Waals surface area contributed by atoms with Crippen LogP contribution in [0.25, 0.3) is 0 Å². The standard InChI is InChI=1S/C18H19FN2O2S2/c1-10-9-11(19)7-8-13(10)20-18(24)21-16-15(17(22)23-2)12-5-3-4-6-14(12)25-16/h7-9H,3-6H2,1-2H3,(H2,20,21,24). The summed E-state index contributed by atoms with van der Waals surface area (Å²) >= 11 is 6.92. The summed E-state index contributed by atoms with van der Waals surface area (Å²) < 4.78 is 18.2. The molecule has 1 aromatic carbocycles. The number of methoxy groups -OCH3 is 1. The molecule has 25 heavy (non-hydrogen) atoms. The van der Waals surface area contributed by atoms with Gasteiger partial charge in [-0.05, 0) is 74.2 Å². The predicted molar refractivity (Wildman–Crippen MR) is 103 cm³/mol. The number of aryl methyl sites for hydroxylation is 2. The maximum Gasteiger partial charge on any atom is 0.341 e. The highest BCUT2D eigenvalue weighted by molar-refractivity contribution is 7.80. The van der Waals surface area contributed by atoms with E-state index in [1.54, 1.807) is 24.3 Å². The maximum atomic E-state index is 13.2. The Bertz CT molecular complexity index is 833. The fraction of sp³-hybridized carbons (Fsp3) is 0.333. The molecule has 0 unspecified atom stereocenters. The number of rotatable bonds is 3. The number of hydrogen-bond acceptors (Lipinski definition) is 4. The minimum atomic E-state index is -0.345. The highest BCUT2D eigenvalue weighted by Crippen LogP contribution is 2.38. The number of ether oxygens (including phenoxy) is 1. The first-order valence-corrected chi connectivity index (χ1v) is 9.29. The van der Waals surface area contributed by atoms with Crippen LogP contribution in [-0.4, -0.2) is 18.2 Å². The lowest BCUT2D eigenvalue weighted by atomic mass is 9.95. The molecule has 2 aromatic rings. The van der Waals surface area contributed by atoms with Crippen molar-refractivity contribution in [2.24, 2.45) is 0 Å². The van der Waals surface area contributed by atoms with Crippen LogP contribution in [0.15, 0.2) is 18.2 Å². The van der Waals surface area contributed by atoms with E-state index < -0.39 is 0 Å². The number of anilines is 2. The van der Waals surface area contributed by atoms with Crippen LogP contribution in [0.4, 0.5) is 15.1 Å². The summed E-state index contributed by atoms with van der Waals surface area (Å²) in [6.45, 7) is 1.80. The zero-order valence-electron chi connectivity index (χ0n) is 14.1. The van der Waals surface area contributed by atoms with Crippen LogP contribution in [0.2, 0.25) is 0 Å². The Balaban J connectivity index is 1.83. The van der Waals surface area contributed by atoms with Crippen molar-refractivity contribution in [3.63, 3.8) is 0 Å². The Hall–Kier alpha value is -1.99. The van der Waals surface area contributed by atoms with Gasteiger partial charge in [0.1, 0.15) is 10.8 Å². The molecule has 0 saturated carbocycles. The van der Waals surface area contributed by atoms with Crippen LogP contribution >= 0.6 is 23.6 Å². The monoisotopic (exact) mass is 378 g/mol. The van der Waals surface area contributed by atoms with Crippen molar-refractivity contribution in [3.05, 3.63) is 45.6 Å². The third-order valence-electron chi connectivity index (χ3n) is 4.22. The molecule has 0 aliphatic heterocycles. The summed E-state index contributed by atoms with van der Waals surface area (Å²) in [4.78, 5) is 13.5. The van der Waals surface area contributed by atoms with E-state index in [0.29, 0.717) is 15.7 Å². The second-order valence-corrected chi connectivity index (χ2v) is 7.46. The highest BCUT2D eigenvalue weighted by Gasteiger charge is 2.26. The molecule has 1 heterocycles. The van der Waals surface area contributed by atoms with Gasteiger partial charge < -0.3 is 15.4 Å². The van der Waals surface area contributed by atoms with E-state index in [1.807, 2.05) is 0 Å². The molecular weight excluding hydrogens is 359 g/mol. The summed E-state index contributed by atoms with van der Waals surface area (Å²) in [5, 5.41) is 7.24. The third kappa shape index (κ3) is 3.82. The molecule has 0 spiro atoms. The largest absolute Gasteiger partial charge is 0.465 e.